The highest BCUT2D eigenvalue weighted by Gasteiger charge is 2.23. The maximum Gasteiger partial charge on any atom is 0.302 e. The van der Waals surface area contributed by atoms with Crippen molar-refractivity contribution in [1.29, 1.82) is 0 Å². The van der Waals surface area contributed by atoms with Crippen LogP contribution in [0.1, 0.15) is 12.8 Å². The summed E-state index contributed by atoms with van der Waals surface area (Å²) in [6, 6.07) is 15.8. The molecule has 2 aromatic carbocycles. The molecule has 1 N–H and O–H groups in total. The van der Waals surface area contributed by atoms with Gasteiger partial charge in [0.2, 0.25) is 0 Å². The summed E-state index contributed by atoms with van der Waals surface area (Å²) in [5.41, 5.74) is 4.80. The molecule has 8 heteroatoms. The standard InChI is InChI=1S/C28H29N5O3/c1-29-23-9-5-22(6-10-23)26-25(21-7-11-24(35-2)12-8-21)27-30-13-15-33(27)28(31-26)36-19-20-4-3-14-32(18-20)16-17-34/h5-13,15,20,34H,3-4,14,16-19H2,2H3/t20-/m1/s1. The number of piperidine rings is 1. The molecule has 3 heterocycles. The van der Waals surface area contributed by atoms with Crippen LogP contribution in [-0.4, -0.2) is 64.3 Å². The van der Waals surface area contributed by atoms with Gasteiger partial charge < -0.3 is 19.5 Å². The highest BCUT2D eigenvalue weighted by molar-refractivity contribution is 5.90. The third-order valence-corrected chi connectivity index (χ3v) is 6.63. The van der Waals surface area contributed by atoms with Crippen molar-refractivity contribution < 1.29 is 14.6 Å². The van der Waals surface area contributed by atoms with E-state index in [2.05, 4.69) is 14.7 Å². The summed E-state index contributed by atoms with van der Waals surface area (Å²) in [4.78, 5) is 15.5. The number of likely N-dealkylation sites (tertiary alicyclic amines) is 1. The number of benzene rings is 2. The van der Waals surface area contributed by atoms with Crippen molar-refractivity contribution in [2.24, 2.45) is 5.92 Å². The molecule has 8 nitrogen and oxygen atoms in total. The van der Waals surface area contributed by atoms with Crippen LogP contribution >= 0.6 is 0 Å². The lowest BCUT2D eigenvalue weighted by molar-refractivity contribution is 0.107. The largest absolute Gasteiger partial charge is 0.497 e. The van der Waals surface area contributed by atoms with E-state index in [1.165, 1.54) is 0 Å². The van der Waals surface area contributed by atoms with Gasteiger partial charge in [0.25, 0.3) is 0 Å². The summed E-state index contributed by atoms with van der Waals surface area (Å²) in [5, 5.41) is 9.31. The fourth-order valence-electron chi connectivity index (χ4n) is 4.81. The summed E-state index contributed by atoms with van der Waals surface area (Å²) >= 11 is 0. The molecule has 0 saturated carbocycles. The van der Waals surface area contributed by atoms with Gasteiger partial charge in [0, 0.05) is 31.4 Å². The fourth-order valence-corrected chi connectivity index (χ4v) is 4.81. The number of rotatable bonds is 8. The maximum absolute atomic E-state index is 9.31. The van der Waals surface area contributed by atoms with Gasteiger partial charge in [0.05, 0.1) is 38.2 Å². The average Bonchev–Trinajstić information content (AvgIpc) is 3.42. The van der Waals surface area contributed by atoms with Crippen LogP contribution in [0.5, 0.6) is 11.8 Å². The first-order valence-corrected chi connectivity index (χ1v) is 12.2. The Balaban J connectivity index is 1.55. The van der Waals surface area contributed by atoms with Crippen molar-refractivity contribution in [2.45, 2.75) is 12.8 Å². The van der Waals surface area contributed by atoms with E-state index in [-0.39, 0.29) is 6.61 Å². The normalized spacial score (nSPS) is 16.1. The molecule has 1 saturated heterocycles. The number of hydrogen-bond acceptors (Lipinski definition) is 6. The number of β-amino-alcohol motifs (C(OH)–C–C–N with tert-alkyl or cyclic N) is 1. The Hall–Kier alpha value is -3.93. The van der Waals surface area contributed by atoms with Crippen molar-refractivity contribution in [3.63, 3.8) is 0 Å². The molecule has 0 spiro atoms. The molecule has 1 aliphatic rings. The third-order valence-electron chi connectivity index (χ3n) is 6.63. The van der Waals surface area contributed by atoms with Crippen molar-refractivity contribution in [2.75, 3.05) is 40.0 Å². The van der Waals surface area contributed by atoms with E-state index in [0.29, 0.717) is 30.8 Å². The summed E-state index contributed by atoms with van der Waals surface area (Å²) in [7, 11) is 1.65. The SMILES string of the molecule is [C-]#[N+]c1ccc(-c2nc(OC[C@@H]3CCCN(CCO)C3)n3ccnc3c2-c2ccc(OC)cc2)cc1. The molecule has 1 fully saturated rings. The lowest BCUT2D eigenvalue weighted by Crippen LogP contribution is -2.39. The van der Waals surface area contributed by atoms with Crippen LogP contribution in [0, 0.1) is 12.5 Å². The first-order chi connectivity index (χ1) is 17.7. The first kappa shape index (κ1) is 23.8. The maximum atomic E-state index is 9.31. The van der Waals surface area contributed by atoms with E-state index in [1.54, 1.807) is 25.4 Å². The van der Waals surface area contributed by atoms with Crippen LogP contribution in [-0.2, 0) is 0 Å². The first-order valence-electron chi connectivity index (χ1n) is 12.2. The van der Waals surface area contributed by atoms with E-state index in [4.69, 9.17) is 21.0 Å². The van der Waals surface area contributed by atoms with Crippen LogP contribution in [0.25, 0.3) is 32.9 Å². The lowest BCUT2D eigenvalue weighted by Gasteiger charge is -2.32. The van der Waals surface area contributed by atoms with Crippen molar-refractivity contribution in [1.82, 2.24) is 19.3 Å². The number of aromatic nitrogens is 3. The summed E-state index contributed by atoms with van der Waals surface area (Å²) in [6.45, 7) is 10.6. The van der Waals surface area contributed by atoms with E-state index in [0.717, 1.165) is 59.7 Å². The summed E-state index contributed by atoms with van der Waals surface area (Å²) in [5.74, 6) is 1.14. The van der Waals surface area contributed by atoms with Gasteiger partial charge in [-0.25, -0.2) is 9.83 Å². The Morgan fingerprint density at radius 1 is 1.11 bits per heavy atom. The van der Waals surface area contributed by atoms with Crippen molar-refractivity contribution in [3.05, 3.63) is 72.3 Å². The molecule has 5 rings (SSSR count). The van der Waals surface area contributed by atoms with Gasteiger partial charge in [-0.05, 0) is 42.6 Å². The van der Waals surface area contributed by atoms with Gasteiger partial charge in [-0.3, -0.25) is 4.40 Å². The molecular weight excluding hydrogens is 454 g/mol. The van der Waals surface area contributed by atoms with Gasteiger partial charge >= 0.3 is 6.01 Å². The van der Waals surface area contributed by atoms with E-state index < -0.39 is 0 Å². The van der Waals surface area contributed by atoms with Crippen LogP contribution in [0.3, 0.4) is 0 Å². The number of methoxy groups -OCH3 is 1. The molecule has 0 unspecified atom stereocenters. The van der Waals surface area contributed by atoms with Gasteiger partial charge in [-0.2, -0.15) is 4.98 Å². The van der Waals surface area contributed by atoms with Gasteiger partial charge in [-0.1, -0.05) is 36.4 Å². The Kier molecular flexibility index (Phi) is 7.12. The minimum atomic E-state index is 0.174. The zero-order valence-corrected chi connectivity index (χ0v) is 20.3. The van der Waals surface area contributed by atoms with E-state index in [1.807, 2.05) is 47.0 Å². The smallest absolute Gasteiger partial charge is 0.302 e. The molecule has 0 aliphatic carbocycles. The van der Waals surface area contributed by atoms with Gasteiger partial charge in [0.15, 0.2) is 11.3 Å². The highest BCUT2D eigenvalue weighted by Crippen LogP contribution is 2.37. The van der Waals surface area contributed by atoms with E-state index >= 15 is 0 Å². The van der Waals surface area contributed by atoms with Crippen LogP contribution in [0.15, 0.2) is 60.9 Å². The molecule has 36 heavy (non-hydrogen) atoms. The zero-order valence-electron chi connectivity index (χ0n) is 20.3. The van der Waals surface area contributed by atoms with Crippen molar-refractivity contribution in [3.8, 4) is 34.1 Å². The number of imidazole rings is 1. The number of ether oxygens (including phenoxy) is 2. The Bertz CT molecular complexity index is 1360. The predicted octanol–water partition coefficient (Wildman–Crippen LogP) is 4.71. The zero-order chi connectivity index (χ0) is 24.9. The second kappa shape index (κ2) is 10.8. The second-order valence-corrected chi connectivity index (χ2v) is 8.97. The summed E-state index contributed by atoms with van der Waals surface area (Å²) in [6.07, 6.45) is 5.81. The number of aliphatic hydroxyl groups is 1. The van der Waals surface area contributed by atoms with E-state index in [9.17, 15) is 5.11 Å². The Labute approximate surface area is 210 Å². The topological polar surface area (TPSA) is 76.5 Å². The molecule has 1 atom stereocenters. The number of hydrogen-bond donors (Lipinski definition) is 1. The Morgan fingerprint density at radius 3 is 2.61 bits per heavy atom. The highest BCUT2D eigenvalue weighted by atomic mass is 16.5. The van der Waals surface area contributed by atoms with Gasteiger partial charge in [0.1, 0.15) is 5.75 Å². The Morgan fingerprint density at radius 2 is 1.89 bits per heavy atom. The number of aliphatic hydroxyl groups excluding tert-OH is 1. The minimum Gasteiger partial charge on any atom is -0.497 e. The van der Waals surface area contributed by atoms with Crippen molar-refractivity contribution >= 4 is 11.3 Å². The molecule has 0 radical (unpaired) electrons. The van der Waals surface area contributed by atoms with Crippen LogP contribution in [0.4, 0.5) is 5.69 Å². The third kappa shape index (κ3) is 4.89. The summed E-state index contributed by atoms with van der Waals surface area (Å²) < 4.78 is 13.6. The molecular formula is C28H29N5O3. The molecule has 1 aliphatic heterocycles. The van der Waals surface area contributed by atoms with Crippen LogP contribution < -0.4 is 9.47 Å². The average molecular weight is 484 g/mol. The molecule has 184 valence electrons. The minimum absolute atomic E-state index is 0.174. The van der Waals surface area contributed by atoms with Gasteiger partial charge in [-0.15, -0.1) is 0 Å². The molecule has 0 amide bonds. The predicted molar refractivity (Wildman–Crippen MR) is 138 cm³/mol. The number of fused-ring (bicyclic) bond motifs is 1. The lowest BCUT2D eigenvalue weighted by atomic mass is 9.99. The molecule has 0 bridgehead atoms. The fraction of sp³-hybridized carbons (Fsp3) is 0.321. The van der Waals surface area contributed by atoms with Crippen LogP contribution in [0.2, 0.25) is 0 Å². The molecule has 2 aromatic heterocycles. The second-order valence-electron chi connectivity index (χ2n) is 8.97. The quantitative estimate of drug-likeness (QED) is 0.366. The monoisotopic (exact) mass is 483 g/mol. The number of nitrogens with zero attached hydrogens (tertiary/aromatic N) is 5. The molecule has 4 aromatic rings.